The van der Waals surface area contributed by atoms with Gasteiger partial charge in [-0.25, -0.2) is 4.98 Å². The van der Waals surface area contributed by atoms with Gasteiger partial charge in [-0.2, -0.15) is 0 Å². The number of para-hydroxylation sites is 1. The molecule has 5 aromatic rings. The Morgan fingerprint density at radius 1 is 0.724 bits per heavy atom. The number of rotatable bonds is 0. The molecule has 0 radical (unpaired) electrons. The Bertz CT molecular complexity index is 1560. The minimum absolute atomic E-state index is 0.329. The van der Waals surface area contributed by atoms with Crippen LogP contribution < -0.4 is 0 Å². The van der Waals surface area contributed by atoms with E-state index in [-0.39, 0.29) is 0 Å². The third-order valence-corrected chi connectivity index (χ3v) is 6.51. The lowest BCUT2D eigenvalue weighted by molar-refractivity contribution is 0.694. The van der Waals surface area contributed by atoms with Crippen LogP contribution in [0.25, 0.3) is 44.4 Å². The third kappa shape index (κ3) is 1.93. The summed E-state index contributed by atoms with van der Waals surface area (Å²) in [4.78, 5) is 5.27. The van der Waals surface area contributed by atoms with Crippen LogP contribution in [-0.4, -0.2) is 9.38 Å². The van der Waals surface area contributed by atoms with Gasteiger partial charge in [-0.05, 0) is 23.1 Å². The maximum atomic E-state index is 5.27. The number of benzene rings is 3. The number of fused-ring (bicyclic) bond motifs is 12. The second kappa shape index (κ2) is 5.45. The Hall–Kier alpha value is -3.65. The van der Waals surface area contributed by atoms with Crippen LogP contribution in [0.1, 0.15) is 17.0 Å². The molecule has 0 spiro atoms. The van der Waals surface area contributed by atoms with E-state index < -0.39 is 0 Å². The van der Waals surface area contributed by atoms with Crippen molar-refractivity contribution >= 4 is 44.4 Å². The molecule has 136 valence electrons. The summed E-state index contributed by atoms with van der Waals surface area (Å²) in [7, 11) is 0. The first-order valence-electron chi connectivity index (χ1n) is 10.2. The van der Waals surface area contributed by atoms with E-state index in [0.29, 0.717) is 11.8 Å². The zero-order valence-corrected chi connectivity index (χ0v) is 15.8. The van der Waals surface area contributed by atoms with Gasteiger partial charge in [0.15, 0.2) is 0 Å². The predicted molar refractivity (Wildman–Crippen MR) is 121 cm³/mol. The highest BCUT2D eigenvalue weighted by Gasteiger charge is 2.29. The average Bonchev–Trinajstić information content (AvgIpc) is 3.19. The lowest BCUT2D eigenvalue weighted by Crippen LogP contribution is -2.15. The van der Waals surface area contributed by atoms with Gasteiger partial charge in [0.2, 0.25) is 0 Å². The molecule has 0 bridgehead atoms. The van der Waals surface area contributed by atoms with Crippen LogP contribution >= 0.6 is 0 Å². The van der Waals surface area contributed by atoms with Gasteiger partial charge in [0, 0.05) is 28.2 Å². The largest absolute Gasteiger partial charge is 0.292 e. The SMILES string of the molecule is C1=CC2C=Cc3c(c4nc5c6ccccc6ccc5n4c4ccccc34)C2C=C1. The minimum atomic E-state index is 0.329. The molecule has 2 aliphatic carbocycles. The molecule has 2 atom stereocenters. The first-order valence-corrected chi connectivity index (χ1v) is 10.2. The Kier molecular flexibility index (Phi) is 2.87. The minimum Gasteiger partial charge on any atom is -0.292 e. The van der Waals surface area contributed by atoms with Gasteiger partial charge in [0.1, 0.15) is 5.65 Å². The van der Waals surface area contributed by atoms with Crippen molar-refractivity contribution in [1.29, 1.82) is 0 Å². The summed E-state index contributed by atoms with van der Waals surface area (Å²) >= 11 is 0. The Morgan fingerprint density at radius 2 is 1.55 bits per heavy atom. The predicted octanol–water partition coefficient (Wildman–Crippen LogP) is 6.65. The molecule has 0 aliphatic heterocycles. The number of imidazole rings is 1. The van der Waals surface area contributed by atoms with E-state index in [1.54, 1.807) is 0 Å². The zero-order chi connectivity index (χ0) is 18.9. The number of hydrogen-bond acceptors (Lipinski definition) is 1. The molecule has 2 heteroatoms. The van der Waals surface area contributed by atoms with Crippen LogP contribution in [0.3, 0.4) is 0 Å². The van der Waals surface area contributed by atoms with Gasteiger partial charge in [0.05, 0.1) is 16.6 Å². The molecule has 0 saturated heterocycles. The highest BCUT2D eigenvalue weighted by atomic mass is 15.0. The summed E-state index contributed by atoms with van der Waals surface area (Å²) in [5.74, 6) is 0.726. The summed E-state index contributed by atoms with van der Waals surface area (Å²) in [6.07, 6.45) is 13.6. The van der Waals surface area contributed by atoms with E-state index in [2.05, 4.69) is 102 Å². The van der Waals surface area contributed by atoms with Crippen molar-refractivity contribution < 1.29 is 0 Å². The van der Waals surface area contributed by atoms with E-state index in [4.69, 9.17) is 4.98 Å². The third-order valence-electron chi connectivity index (χ3n) is 6.51. The standard InChI is InChI=1S/C27H18N2/c1-3-9-19-17(7-1)13-15-22-21-11-5-6-12-23(21)29-24-16-14-18-8-2-4-10-20(18)26(24)28-27(29)25(19)22/h1-17,19H. The van der Waals surface area contributed by atoms with E-state index in [0.717, 1.165) is 11.2 Å². The van der Waals surface area contributed by atoms with Crippen molar-refractivity contribution in [3.8, 4) is 0 Å². The fraction of sp³-hybridized carbons (Fsp3) is 0.0741. The number of aromatic nitrogens is 2. The van der Waals surface area contributed by atoms with Crippen LogP contribution in [0.2, 0.25) is 0 Å². The first-order chi connectivity index (χ1) is 14.4. The molecule has 2 nitrogen and oxygen atoms in total. The molecule has 7 rings (SSSR count). The van der Waals surface area contributed by atoms with Gasteiger partial charge < -0.3 is 0 Å². The molecule has 0 fully saturated rings. The maximum Gasteiger partial charge on any atom is 0.142 e. The van der Waals surface area contributed by atoms with Gasteiger partial charge in [-0.1, -0.05) is 85.0 Å². The van der Waals surface area contributed by atoms with E-state index in [1.807, 2.05) is 0 Å². The molecule has 2 heterocycles. The Balaban J connectivity index is 1.75. The van der Waals surface area contributed by atoms with E-state index in [9.17, 15) is 0 Å². The molecular weight excluding hydrogens is 352 g/mol. The van der Waals surface area contributed by atoms with Gasteiger partial charge >= 0.3 is 0 Å². The molecule has 0 amide bonds. The van der Waals surface area contributed by atoms with Gasteiger partial charge in [-0.15, -0.1) is 0 Å². The highest BCUT2D eigenvalue weighted by Crippen LogP contribution is 2.44. The quantitative estimate of drug-likeness (QED) is 0.298. The second-order valence-corrected chi connectivity index (χ2v) is 8.00. The fourth-order valence-corrected chi connectivity index (χ4v) is 5.21. The summed E-state index contributed by atoms with van der Waals surface area (Å²) < 4.78 is 2.37. The molecule has 2 aliphatic rings. The molecular formula is C27H18N2. The summed E-state index contributed by atoms with van der Waals surface area (Å²) in [6, 6.07) is 21.7. The normalized spacial score (nSPS) is 20.0. The Morgan fingerprint density at radius 3 is 2.52 bits per heavy atom. The first kappa shape index (κ1) is 15.3. The van der Waals surface area contributed by atoms with Crippen molar-refractivity contribution in [2.75, 3.05) is 0 Å². The van der Waals surface area contributed by atoms with E-state index in [1.165, 1.54) is 38.3 Å². The maximum absolute atomic E-state index is 5.27. The molecule has 29 heavy (non-hydrogen) atoms. The van der Waals surface area contributed by atoms with Gasteiger partial charge in [-0.3, -0.25) is 4.40 Å². The van der Waals surface area contributed by atoms with Crippen LogP contribution in [0, 0.1) is 5.92 Å². The summed E-state index contributed by atoms with van der Waals surface area (Å²) in [6.45, 7) is 0. The topological polar surface area (TPSA) is 17.3 Å². The summed E-state index contributed by atoms with van der Waals surface area (Å²) in [5.41, 5.74) is 7.23. The monoisotopic (exact) mass is 370 g/mol. The lowest BCUT2D eigenvalue weighted by atomic mass is 9.76. The fourth-order valence-electron chi connectivity index (χ4n) is 5.21. The van der Waals surface area contributed by atoms with Gasteiger partial charge in [0.25, 0.3) is 0 Å². The van der Waals surface area contributed by atoms with E-state index >= 15 is 0 Å². The lowest BCUT2D eigenvalue weighted by Gasteiger charge is -2.28. The highest BCUT2D eigenvalue weighted by molar-refractivity contribution is 6.08. The molecule has 2 unspecified atom stereocenters. The van der Waals surface area contributed by atoms with Crippen LogP contribution in [0.15, 0.2) is 91.0 Å². The molecule has 0 N–H and O–H groups in total. The van der Waals surface area contributed by atoms with Crippen molar-refractivity contribution in [3.63, 3.8) is 0 Å². The smallest absolute Gasteiger partial charge is 0.142 e. The molecule has 3 aromatic carbocycles. The average molecular weight is 370 g/mol. The number of nitrogens with zero attached hydrogens (tertiary/aromatic N) is 2. The Labute approximate surface area is 168 Å². The second-order valence-electron chi connectivity index (χ2n) is 8.00. The van der Waals surface area contributed by atoms with Crippen LogP contribution in [-0.2, 0) is 0 Å². The molecule has 2 aromatic heterocycles. The number of allylic oxidation sites excluding steroid dienone is 5. The number of hydrogen-bond donors (Lipinski definition) is 0. The summed E-state index contributed by atoms with van der Waals surface area (Å²) in [5, 5.41) is 3.74. The van der Waals surface area contributed by atoms with Crippen LogP contribution in [0.4, 0.5) is 0 Å². The van der Waals surface area contributed by atoms with Crippen LogP contribution in [0.5, 0.6) is 0 Å². The van der Waals surface area contributed by atoms with Crippen molar-refractivity contribution in [3.05, 3.63) is 102 Å². The zero-order valence-electron chi connectivity index (χ0n) is 15.8. The number of pyridine rings is 1. The van der Waals surface area contributed by atoms with Crippen molar-refractivity contribution in [2.24, 2.45) is 5.92 Å². The molecule has 0 saturated carbocycles. The van der Waals surface area contributed by atoms with Crippen molar-refractivity contribution in [2.45, 2.75) is 5.92 Å². The van der Waals surface area contributed by atoms with Crippen molar-refractivity contribution in [1.82, 2.24) is 9.38 Å².